The van der Waals surface area contributed by atoms with E-state index in [1.807, 2.05) is 26.0 Å². The molecule has 0 aliphatic rings. The molecule has 1 aromatic heterocycles. The van der Waals surface area contributed by atoms with Crippen molar-refractivity contribution < 1.29 is 19.1 Å². The second-order valence-electron chi connectivity index (χ2n) is 5.39. The minimum Gasteiger partial charge on any atom is -0.452 e. The van der Waals surface area contributed by atoms with Crippen LogP contribution in [0.25, 0.3) is 0 Å². The first kappa shape index (κ1) is 19.7. The predicted octanol–water partition coefficient (Wildman–Crippen LogP) is 3.51. The van der Waals surface area contributed by atoms with Gasteiger partial charge in [-0.25, -0.2) is 14.6 Å². The first-order chi connectivity index (χ1) is 12.3. The summed E-state index contributed by atoms with van der Waals surface area (Å²) in [7, 11) is 0. The van der Waals surface area contributed by atoms with Crippen LogP contribution in [-0.4, -0.2) is 29.5 Å². The minimum absolute atomic E-state index is 0.0342. The van der Waals surface area contributed by atoms with Gasteiger partial charge in [-0.2, -0.15) is 0 Å². The molecular weight excluding hydrogens is 381 g/mol. The highest BCUT2D eigenvalue weighted by atomic mass is 35.5. The normalized spacial score (nSPS) is 10.2. The number of urea groups is 1. The van der Waals surface area contributed by atoms with Gasteiger partial charge in [0.25, 0.3) is 5.91 Å². The van der Waals surface area contributed by atoms with Crippen LogP contribution in [0, 0.1) is 13.8 Å². The van der Waals surface area contributed by atoms with Gasteiger partial charge in [-0.05, 0) is 31.5 Å². The van der Waals surface area contributed by atoms with Crippen LogP contribution >= 0.6 is 23.2 Å². The molecule has 9 heteroatoms. The number of carbonyl (C=O) groups excluding carboxylic acids is 3. The molecule has 0 atom stereocenters. The fourth-order valence-electron chi connectivity index (χ4n) is 2.02. The van der Waals surface area contributed by atoms with E-state index in [0.717, 1.165) is 11.1 Å². The highest BCUT2D eigenvalue weighted by molar-refractivity contribution is 6.41. The molecule has 0 aliphatic carbocycles. The Labute approximate surface area is 159 Å². The number of rotatable bonds is 4. The Bertz CT molecular complexity index is 871. The zero-order chi connectivity index (χ0) is 19.3. The first-order valence-corrected chi connectivity index (χ1v) is 8.18. The molecule has 0 aliphatic heterocycles. The van der Waals surface area contributed by atoms with Crippen molar-refractivity contribution in [2.45, 2.75) is 13.8 Å². The van der Waals surface area contributed by atoms with E-state index in [4.69, 9.17) is 27.9 Å². The van der Waals surface area contributed by atoms with Crippen LogP contribution in [0.4, 0.5) is 10.5 Å². The van der Waals surface area contributed by atoms with Gasteiger partial charge in [0.15, 0.2) is 6.61 Å². The number of halogens is 2. The number of benzene rings is 1. The van der Waals surface area contributed by atoms with Gasteiger partial charge in [0.2, 0.25) is 0 Å². The van der Waals surface area contributed by atoms with Gasteiger partial charge < -0.3 is 10.1 Å². The highest BCUT2D eigenvalue weighted by Gasteiger charge is 2.14. The molecule has 2 rings (SSSR count). The largest absolute Gasteiger partial charge is 0.452 e. The van der Waals surface area contributed by atoms with E-state index in [1.165, 1.54) is 12.3 Å². The average Bonchev–Trinajstić information content (AvgIpc) is 2.57. The SMILES string of the molecule is Cc1ccc(NC(=O)NC(=O)COC(=O)c2cnc(Cl)c(Cl)c2)c(C)c1. The van der Waals surface area contributed by atoms with Crippen LogP contribution < -0.4 is 10.6 Å². The Balaban J connectivity index is 1.85. The maximum Gasteiger partial charge on any atom is 0.340 e. The Morgan fingerprint density at radius 2 is 1.88 bits per heavy atom. The van der Waals surface area contributed by atoms with Crippen LogP contribution in [-0.2, 0) is 9.53 Å². The molecule has 0 saturated carbocycles. The molecule has 1 heterocycles. The van der Waals surface area contributed by atoms with Crippen molar-refractivity contribution in [3.63, 3.8) is 0 Å². The maximum atomic E-state index is 11.8. The quantitative estimate of drug-likeness (QED) is 0.609. The van der Waals surface area contributed by atoms with Gasteiger partial charge in [0, 0.05) is 11.9 Å². The summed E-state index contributed by atoms with van der Waals surface area (Å²) in [4.78, 5) is 39.1. The molecule has 0 bridgehead atoms. The zero-order valence-corrected chi connectivity index (χ0v) is 15.4. The third kappa shape index (κ3) is 5.44. The number of nitrogens with one attached hydrogen (secondary N) is 2. The monoisotopic (exact) mass is 395 g/mol. The van der Waals surface area contributed by atoms with E-state index in [9.17, 15) is 14.4 Å². The van der Waals surface area contributed by atoms with Gasteiger partial charge in [0.05, 0.1) is 10.6 Å². The number of anilines is 1. The van der Waals surface area contributed by atoms with E-state index in [2.05, 4.69) is 15.6 Å². The van der Waals surface area contributed by atoms with Crippen molar-refractivity contribution in [2.24, 2.45) is 0 Å². The van der Waals surface area contributed by atoms with Gasteiger partial charge in [-0.15, -0.1) is 0 Å². The van der Waals surface area contributed by atoms with Crippen LogP contribution in [0.3, 0.4) is 0 Å². The van der Waals surface area contributed by atoms with Crippen LogP contribution in [0.1, 0.15) is 21.5 Å². The molecule has 3 amide bonds. The number of carbonyl (C=O) groups is 3. The zero-order valence-electron chi connectivity index (χ0n) is 13.9. The Morgan fingerprint density at radius 3 is 2.54 bits per heavy atom. The van der Waals surface area contributed by atoms with Crippen molar-refractivity contribution >= 4 is 46.8 Å². The lowest BCUT2D eigenvalue weighted by Gasteiger charge is -2.10. The van der Waals surface area contributed by atoms with Crippen molar-refractivity contribution in [1.29, 1.82) is 0 Å². The molecule has 0 saturated heterocycles. The second-order valence-corrected chi connectivity index (χ2v) is 6.16. The lowest BCUT2D eigenvalue weighted by Crippen LogP contribution is -2.37. The van der Waals surface area contributed by atoms with E-state index >= 15 is 0 Å². The van der Waals surface area contributed by atoms with E-state index in [1.54, 1.807) is 6.07 Å². The standard InChI is InChI=1S/C17H15Cl2N3O4/c1-9-3-4-13(10(2)5-9)21-17(25)22-14(23)8-26-16(24)11-6-12(18)15(19)20-7-11/h3-7H,8H2,1-2H3,(H2,21,22,23,25). The number of amides is 3. The molecular formula is C17H15Cl2N3O4. The Hall–Kier alpha value is -2.64. The van der Waals surface area contributed by atoms with Crippen LogP contribution in [0.2, 0.25) is 10.2 Å². The van der Waals surface area contributed by atoms with E-state index < -0.39 is 24.5 Å². The molecule has 7 nitrogen and oxygen atoms in total. The van der Waals surface area contributed by atoms with E-state index in [0.29, 0.717) is 5.69 Å². The number of aryl methyl sites for hydroxylation is 2. The highest BCUT2D eigenvalue weighted by Crippen LogP contribution is 2.20. The number of aromatic nitrogens is 1. The summed E-state index contributed by atoms with van der Waals surface area (Å²) < 4.78 is 4.80. The maximum absolute atomic E-state index is 11.8. The van der Waals surface area contributed by atoms with Gasteiger partial charge >= 0.3 is 12.0 Å². The van der Waals surface area contributed by atoms with Crippen molar-refractivity contribution in [3.8, 4) is 0 Å². The molecule has 0 spiro atoms. The Morgan fingerprint density at radius 1 is 1.15 bits per heavy atom. The van der Waals surface area contributed by atoms with Crippen LogP contribution in [0.5, 0.6) is 0 Å². The summed E-state index contributed by atoms with van der Waals surface area (Å²) in [6, 6.07) is 5.99. The number of imide groups is 1. The predicted molar refractivity (Wildman–Crippen MR) is 97.6 cm³/mol. The van der Waals surface area contributed by atoms with Gasteiger partial charge in [-0.3, -0.25) is 10.1 Å². The third-order valence-electron chi connectivity index (χ3n) is 3.25. The third-order valence-corrected chi connectivity index (χ3v) is 3.94. The minimum atomic E-state index is -0.819. The molecule has 0 radical (unpaired) electrons. The lowest BCUT2D eigenvalue weighted by atomic mass is 10.1. The first-order valence-electron chi connectivity index (χ1n) is 7.42. The number of pyridine rings is 1. The molecule has 2 N–H and O–H groups in total. The second kappa shape index (κ2) is 8.64. The summed E-state index contributed by atoms with van der Waals surface area (Å²) in [6.07, 6.45) is 1.17. The number of esters is 1. The summed E-state index contributed by atoms with van der Waals surface area (Å²) in [5, 5.41) is 4.74. The average molecular weight is 396 g/mol. The molecule has 2 aromatic rings. The summed E-state index contributed by atoms with van der Waals surface area (Å²) in [6.45, 7) is 3.12. The van der Waals surface area contributed by atoms with E-state index in [-0.39, 0.29) is 15.7 Å². The molecule has 26 heavy (non-hydrogen) atoms. The molecule has 0 fully saturated rings. The smallest absolute Gasteiger partial charge is 0.340 e. The number of hydrogen-bond acceptors (Lipinski definition) is 5. The lowest BCUT2D eigenvalue weighted by molar-refractivity contribution is -0.123. The fourth-order valence-corrected chi connectivity index (χ4v) is 2.29. The summed E-state index contributed by atoms with van der Waals surface area (Å²) >= 11 is 11.4. The van der Waals surface area contributed by atoms with Crippen molar-refractivity contribution in [1.82, 2.24) is 10.3 Å². The molecule has 136 valence electrons. The fraction of sp³-hybridized carbons (Fsp3) is 0.176. The summed E-state index contributed by atoms with van der Waals surface area (Å²) in [5.41, 5.74) is 2.51. The number of hydrogen-bond donors (Lipinski definition) is 2. The Kier molecular flexibility index (Phi) is 6.54. The van der Waals surface area contributed by atoms with Crippen LogP contribution in [0.15, 0.2) is 30.5 Å². The number of ether oxygens (including phenoxy) is 1. The number of nitrogens with zero attached hydrogens (tertiary/aromatic N) is 1. The molecule has 0 unspecified atom stereocenters. The van der Waals surface area contributed by atoms with Crippen molar-refractivity contribution in [2.75, 3.05) is 11.9 Å². The van der Waals surface area contributed by atoms with Gasteiger partial charge in [-0.1, -0.05) is 40.9 Å². The van der Waals surface area contributed by atoms with Crippen molar-refractivity contribution in [3.05, 3.63) is 57.3 Å². The topological polar surface area (TPSA) is 97.4 Å². The van der Waals surface area contributed by atoms with Gasteiger partial charge in [0.1, 0.15) is 5.15 Å². The molecule has 1 aromatic carbocycles. The summed E-state index contributed by atoms with van der Waals surface area (Å²) in [5.74, 6) is -1.60.